The quantitative estimate of drug-likeness (QED) is 0.829. The molecule has 1 nitrogen and oxygen atoms in total. The zero-order valence-corrected chi connectivity index (χ0v) is 9.26. The van der Waals surface area contributed by atoms with E-state index in [9.17, 15) is 0 Å². The van der Waals surface area contributed by atoms with Crippen molar-refractivity contribution in [2.75, 3.05) is 0 Å². The molecule has 0 aliphatic carbocycles. The first kappa shape index (κ1) is 10.9. The molecule has 0 aliphatic heterocycles. The van der Waals surface area contributed by atoms with Crippen LogP contribution in [0.25, 0.3) is 0 Å². The lowest BCUT2D eigenvalue weighted by molar-refractivity contribution is 0.282. The molecule has 0 fully saturated rings. The van der Waals surface area contributed by atoms with E-state index in [2.05, 4.69) is 36.4 Å². The van der Waals surface area contributed by atoms with Gasteiger partial charge >= 0.3 is 0 Å². The van der Waals surface area contributed by atoms with Gasteiger partial charge in [0.15, 0.2) is 0 Å². The summed E-state index contributed by atoms with van der Waals surface area (Å²) in [6, 6.07) is 18.7. The highest BCUT2D eigenvalue weighted by molar-refractivity contribution is 5.24. The van der Waals surface area contributed by atoms with Crippen LogP contribution in [0.15, 0.2) is 54.6 Å². The number of aliphatic hydroxyl groups excluding tert-OH is 1. The van der Waals surface area contributed by atoms with Crippen molar-refractivity contribution < 1.29 is 5.11 Å². The van der Waals surface area contributed by atoms with E-state index in [1.807, 2.05) is 18.2 Å². The lowest BCUT2D eigenvalue weighted by atomic mass is 10.0. The number of rotatable bonds is 4. The van der Waals surface area contributed by atoms with E-state index in [0.717, 1.165) is 18.4 Å². The standard InChI is InChI=1S/C15H16O/c16-12-15-10-8-14(9-11-15)7-6-13-4-2-1-3-5-13/h1-5,8-11,16H,6-7,12H2/i12+2. The van der Waals surface area contributed by atoms with Crippen LogP contribution < -0.4 is 0 Å². The van der Waals surface area contributed by atoms with E-state index in [4.69, 9.17) is 5.11 Å². The summed E-state index contributed by atoms with van der Waals surface area (Å²) in [5, 5.41) is 8.94. The average molecular weight is 214 g/mol. The van der Waals surface area contributed by atoms with Crippen molar-refractivity contribution in [3.63, 3.8) is 0 Å². The van der Waals surface area contributed by atoms with Gasteiger partial charge in [0.1, 0.15) is 0 Å². The van der Waals surface area contributed by atoms with Crippen molar-refractivity contribution in [1.29, 1.82) is 0 Å². The third-order valence-electron chi connectivity index (χ3n) is 2.75. The molecule has 0 radical (unpaired) electrons. The summed E-state index contributed by atoms with van der Waals surface area (Å²) in [6.07, 6.45) is 2.12. The minimum Gasteiger partial charge on any atom is -0.392 e. The molecule has 1 heteroatoms. The zero-order valence-electron chi connectivity index (χ0n) is 9.26. The Labute approximate surface area is 96.4 Å². The van der Waals surface area contributed by atoms with Gasteiger partial charge in [0.25, 0.3) is 0 Å². The normalized spacial score (nSPS) is 10.3. The second-order valence-electron chi connectivity index (χ2n) is 3.96. The number of hydrogen-bond acceptors (Lipinski definition) is 1. The van der Waals surface area contributed by atoms with Crippen molar-refractivity contribution in [3.8, 4) is 0 Å². The van der Waals surface area contributed by atoms with Crippen molar-refractivity contribution in [2.24, 2.45) is 0 Å². The minimum atomic E-state index is 0.124. The second kappa shape index (κ2) is 5.47. The highest BCUT2D eigenvalue weighted by Gasteiger charge is 1.95. The maximum Gasteiger partial charge on any atom is 0.0681 e. The summed E-state index contributed by atoms with van der Waals surface area (Å²) in [4.78, 5) is 0. The zero-order chi connectivity index (χ0) is 11.2. The van der Waals surface area contributed by atoms with Gasteiger partial charge in [-0.2, -0.15) is 0 Å². The van der Waals surface area contributed by atoms with Gasteiger partial charge in [-0.15, -0.1) is 0 Å². The maximum absolute atomic E-state index is 8.94. The van der Waals surface area contributed by atoms with Gasteiger partial charge < -0.3 is 5.11 Å². The van der Waals surface area contributed by atoms with Gasteiger partial charge in [-0.3, -0.25) is 0 Å². The Morgan fingerprint density at radius 3 is 1.88 bits per heavy atom. The first-order chi connectivity index (χ1) is 7.88. The number of aryl methyl sites for hydroxylation is 2. The molecular formula is C15H16O. The van der Waals surface area contributed by atoms with E-state index in [1.165, 1.54) is 11.1 Å². The highest BCUT2D eigenvalue weighted by Crippen LogP contribution is 2.09. The molecule has 0 saturated carbocycles. The smallest absolute Gasteiger partial charge is 0.0681 e. The van der Waals surface area contributed by atoms with Gasteiger partial charge in [-0.25, -0.2) is 0 Å². The molecule has 2 aromatic carbocycles. The molecule has 0 spiro atoms. The molecule has 1 N–H and O–H groups in total. The molecule has 0 aliphatic rings. The molecule has 0 saturated heterocycles. The summed E-state index contributed by atoms with van der Waals surface area (Å²) in [5.74, 6) is 0. The van der Waals surface area contributed by atoms with E-state index < -0.39 is 0 Å². The molecule has 2 aromatic rings. The molecule has 0 amide bonds. The first-order valence-corrected chi connectivity index (χ1v) is 5.61. The van der Waals surface area contributed by atoms with Crippen molar-refractivity contribution in [2.45, 2.75) is 19.4 Å². The molecule has 0 unspecified atom stereocenters. The summed E-state index contributed by atoms with van der Waals surface area (Å²) in [7, 11) is 0. The number of hydrogen-bond donors (Lipinski definition) is 1. The van der Waals surface area contributed by atoms with E-state index in [1.54, 1.807) is 0 Å². The molecule has 2 rings (SSSR count). The van der Waals surface area contributed by atoms with Crippen molar-refractivity contribution in [3.05, 3.63) is 71.3 Å². The Bertz CT molecular complexity index is 417. The van der Waals surface area contributed by atoms with E-state index in [-0.39, 0.29) is 6.61 Å². The maximum atomic E-state index is 8.94. The monoisotopic (exact) mass is 214 g/mol. The van der Waals surface area contributed by atoms with Crippen LogP contribution in [0.4, 0.5) is 0 Å². The predicted molar refractivity (Wildman–Crippen MR) is 66.2 cm³/mol. The fourth-order valence-corrected chi connectivity index (χ4v) is 1.74. The number of benzene rings is 2. The van der Waals surface area contributed by atoms with Crippen LogP contribution in [0, 0.1) is 0 Å². The topological polar surface area (TPSA) is 20.2 Å². The highest BCUT2D eigenvalue weighted by atomic mass is 16.5. The fourth-order valence-electron chi connectivity index (χ4n) is 1.74. The Morgan fingerprint density at radius 2 is 1.31 bits per heavy atom. The second-order valence-corrected chi connectivity index (χ2v) is 3.96. The Balaban J connectivity index is 1.94. The van der Waals surface area contributed by atoms with Crippen LogP contribution in [0.2, 0.25) is 0 Å². The molecular weight excluding hydrogens is 198 g/mol. The summed E-state index contributed by atoms with van der Waals surface area (Å²) in [5.41, 5.74) is 3.67. The van der Waals surface area contributed by atoms with E-state index >= 15 is 0 Å². The lowest BCUT2D eigenvalue weighted by Gasteiger charge is -2.03. The van der Waals surface area contributed by atoms with E-state index in [0.29, 0.717) is 0 Å². The van der Waals surface area contributed by atoms with Crippen LogP contribution in [0.3, 0.4) is 0 Å². The Hall–Kier alpha value is -1.60. The van der Waals surface area contributed by atoms with Gasteiger partial charge in [-0.05, 0) is 29.5 Å². The van der Waals surface area contributed by atoms with Crippen molar-refractivity contribution >= 4 is 0 Å². The van der Waals surface area contributed by atoms with Crippen molar-refractivity contribution in [1.82, 2.24) is 0 Å². The van der Waals surface area contributed by atoms with Gasteiger partial charge in [-0.1, -0.05) is 54.6 Å². The van der Waals surface area contributed by atoms with Crippen LogP contribution in [0.1, 0.15) is 16.7 Å². The molecule has 0 bridgehead atoms. The van der Waals surface area contributed by atoms with Crippen LogP contribution >= 0.6 is 0 Å². The average Bonchev–Trinajstić information content (AvgIpc) is 2.38. The Morgan fingerprint density at radius 1 is 0.750 bits per heavy atom. The van der Waals surface area contributed by atoms with Crippen LogP contribution in [-0.4, -0.2) is 5.11 Å². The van der Waals surface area contributed by atoms with Gasteiger partial charge in [0.2, 0.25) is 0 Å². The number of aliphatic hydroxyl groups is 1. The van der Waals surface area contributed by atoms with Crippen LogP contribution in [-0.2, 0) is 19.4 Å². The minimum absolute atomic E-state index is 0.124. The lowest BCUT2D eigenvalue weighted by Crippen LogP contribution is -1.91. The SMILES string of the molecule is O[14CH2]c1ccc(CCc2ccccc2)cc1. The molecule has 16 heavy (non-hydrogen) atoms. The summed E-state index contributed by atoms with van der Waals surface area (Å²) >= 11 is 0. The third-order valence-corrected chi connectivity index (χ3v) is 2.75. The molecule has 0 heterocycles. The van der Waals surface area contributed by atoms with Crippen LogP contribution in [0.5, 0.6) is 0 Å². The molecule has 0 atom stereocenters. The molecule has 82 valence electrons. The largest absolute Gasteiger partial charge is 0.392 e. The third kappa shape index (κ3) is 2.94. The fraction of sp³-hybridized carbons (Fsp3) is 0.200. The molecule has 0 aromatic heterocycles. The predicted octanol–water partition coefficient (Wildman–Crippen LogP) is 2.96. The van der Waals surface area contributed by atoms with Gasteiger partial charge in [0, 0.05) is 0 Å². The Kier molecular flexibility index (Phi) is 3.73. The van der Waals surface area contributed by atoms with Gasteiger partial charge in [0.05, 0.1) is 6.61 Å². The summed E-state index contributed by atoms with van der Waals surface area (Å²) < 4.78 is 0. The summed E-state index contributed by atoms with van der Waals surface area (Å²) in [6.45, 7) is 0.124. The first-order valence-electron chi connectivity index (χ1n) is 5.61.